The Balaban J connectivity index is 0.00000441. The van der Waals surface area contributed by atoms with Gasteiger partial charge in [-0.15, -0.1) is 6.58 Å². The zero-order valence-electron chi connectivity index (χ0n) is 21.5. The minimum absolute atomic E-state index is 0. The van der Waals surface area contributed by atoms with Crippen molar-refractivity contribution < 1.29 is 95.7 Å². The van der Waals surface area contributed by atoms with Crippen molar-refractivity contribution >= 4 is 22.2 Å². The van der Waals surface area contributed by atoms with E-state index in [1.165, 1.54) is 37.3 Å². The van der Waals surface area contributed by atoms with Crippen LogP contribution < -0.4 is 29.6 Å². The van der Waals surface area contributed by atoms with E-state index < -0.39 is 90.2 Å². The maximum absolute atomic E-state index is 13.3. The number of amides is 2. The molecule has 17 heteroatoms. The summed E-state index contributed by atoms with van der Waals surface area (Å²) in [5.41, 5.74) is -0.136. The Morgan fingerprint density at radius 3 is 2.15 bits per heavy atom. The van der Waals surface area contributed by atoms with Crippen molar-refractivity contribution in [3.8, 4) is 0 Å². The molecule has 2 fully saturated rings. The molecule has 15 nitrogen and oxygen atoms in total. The molecule has 0 spiro atoms. The molecule has 10 atom stereocenters. The quantitative estimate of drug-likeness (QED) is 0.0686. The van der Waals surface area contributed by atoms with Crippen molar-refractivity contribution in [1.82, 2.24) is 4.90 Å². The van der Waals surface area contributed by atoms with E-state index in [0.29, 0.717) is 4.90 Å². The van der Waals surface area contributed by atoms with Crippen LogP contribution in [0, 0.1) is 0 Å². The molecular formula is C23H28NNaO14S. The summed E-state index contributed by atoms with van der Waals surface area (Å²) in [6, 6.07) is 3.68. The van der Waals surface area contributed by atoms with Crippen LogP contribution in [0.2, 0.25) is 0 Å². The Labute approximate surface area is 251 Å². The van der Waals surface area contributed by atoms with Gasteiger partial charge in [0, 0.05) is 0 Å². The molecule has 3 aliphatic heterocycles. The Bertz CT molecular complexity index is 1160. The average Bonchev–Trinajstić information content (AvgIpc) is 3.14. The number of benzene rings is 1. The van der Waals surface area contributed by atoms with E-state index in [9.17, 15) is 43.0 Å². The summed E-state index contributed by atoms with van der Waals surface area (Å²) in [4.78, 5) is 27.1. The average molecular weight is 598 g/mol. The van der Waals surface area contributed by atoms with Crippen molar-refractivity contribution in [3.63, 3.8) is 0 Å². The molecule has 0 aliphatic carbocycles. The molecule has 40 heavy (non-hydrogen) atoms. The fraction of sp³-hybridized carbons (Fsp3) is 0.565. The molecular weight excluding hydrogens is 569 g/mol. The number of aliphatic hydroxyl groups is 4. The number of imide groups is 1. The van der Waals surface area contributed by atoms with Gasteiger partial charge < -0.3 is 43.9 Å². The fourth-order valence-corrected chi connectivity index (χ4v) is 5.28. The van der Waals surface area contributed by atoms with E-state index in [-0.39, 0.29) is 47.3 Å². The first-order valence-corrected chi connectivity index (χ1v) is 13.2. The van der Waals surface area contributed by atoms with Gasteiger partial charge in [-0.25, -0.2) is 8.42 Å². The van der Waals surface area contributed by atoms with Crippen molar-refractivity contribution in [2.24, 2.45) is 0 Å². The molecule has 2 saturated heterocycles. The second-order valence-electron chi connectivity index (χ2n) is 9.12. The van der Waals surface area contributed by atoms with Crippen molar-refractivity contribution in [2.75, 3.05) is 13.2 Å². The zero-order valence-corrected chi connectivity index (χ0v) is 24.3. The van der Waals surface area contributed by atoms with Gasteiger partial charge in [0.1, 0.15) is 42.7 Å². The fourth-order valence-electron chi connectivity index (χ4n) is 4.78. The summed E-state index contributed by atoms with van der Waals surface area (Å²) >= 11 is 0. The van der Waals surface area contributed by atoms with E-state index in [1.807, 2.05) is 0 Å². The standard InChI is InChI=1S/C23H29NO14S.Na/c1-3-8-34-23-17(28)19(15(26)10(2)35-23)37-22-14(18(38-39(31,32)33)16(27)13(9-25)36-22)24-20(29)11-6-4-5-7-12(11)21(24)30;/h3-7,10,13-19,22-23,25-28H,1,8-9H2,2H3,(H,31,32,33);/q;+1/p-1/t10-,13+,14+,15+,16+,17-,18+,19+,22-,23+;/m0./s1. The van der Waals surface area contributed by atoms with Gasteiger partial charge in [0.25, 0.3) is 11.8 Å². The van der Waals surface area contributed by atoms with Crippen LogP contribution in [0.25, 0.3) is 0 Å². The molecule has 0 aromatic heterocycles. The SMILES string of the molecule is C=CCO[C@@H]1O[C@@H](C)[C@@H](O)[C@@H](O[C@@H]2O[C@H](CO)[C@@H](O)[C@H](OS(=O)(=O)[O-])[C@H]2N2C(=O)c3ccccc3C2=O)[C@@H]1O.[Na+]. The van der Waals surface area contributed by atoms with Crippen LogP contribution in [-0.4, -0.2) is 125 Å². The molecule has 2 amide bonds. The third kappa shape index (κ3) is 6.50. The van der Waals surface area contributed by atoms with Gasteiger partial charge in [-0.2, -0.15) is 0 Å². The first-order chi connectivity index (χ1) is 18.4. The van der Waals surface area contributed by atoms with Gasteiger partial charge in [0.05, 0.1) is 30.4 Å². The molecule has 4 rings (SSSR count). The topological polar surface area (TPSA) is 222 Å². The third-order valence-corrected chi connectivity index (χ3v) is 7.08. The summed E-state index contributed by atoms with van der Waals surface area (Å²) in [5, 5.41) is 42.1. The minimum Gasteiger partial charge on any atom is -0.726 e. The number of hydrogen-bond donors (Lipinski definition) is 4. The van der Waals surface area contributed by atoms with E-state index in [0.717, 1.165) is 0 Å². The number of ether oxygens (including phenoxy) is 4. The van der Waals surface area contributed by atoms with Crippen LogP contribution in [0.4, 0.5) is 0 Å². The molecule has 4 N–H and O–H groups in total. The first-order valence-electron chi connectivity index (χ1n) is 11.8. The van der Waals surface area contributed by atoms with Crippen LogP contribution >= 0.6 is 0 Å². The van der Waals surface area contributed by atoms with Gasteiger partial charge in [-0.3, -0.25) is 18.7 Å². The van der Waals surface area contributed by atoms with Gasteiger partial charge in [-0.1, -0.05) is 18.2 Å². The van der Waals surface area contributed by atoms with Gasteiger partial charge >= 0.3 is 29.6 Å². The van der Waals surface area contributed by atoms with E-state index in [2.05, 4.69) is 10.8 Å². The molecule has 0 unspecified atom stereocenters. The molecule has 1 aromatic carbocycles. The van der Waals surface area contributed by atoms with Crippen LogP contribution in [0.3, 0.4) is 0 Å². The number of carbonyl (C=O) groups excluding carboxylic acids is 2. The Morgan fingerprint density at radius 1 is 1.02 bits per heavy atom. The number of aliphatic hydroxyl groups excluding tert-OH is 4. The summed E-state index contributed by atoms with van der Waals surface area (Å²) in [5.74, 6) is -1.89. The zero-order chi connectivity index (χ0) is 28.6. The van der Waals surface area contributed by atoms with E-state index in [1.54, 1.807) is 0 Å². The van der Waals surface area contributed by atoms with Crippen LogP contribution in [-0.2, 0) is 33.5 Å². The van der Waals surface area contributed by atoms with Crippen molar-refractivity contribution in [2.45, 2.75) is 68.3 Å². The maximum Gasteiger partial charge on any atom is 1.00 e. The van der Waals surface area contributed by atoms with Crippen LogP contribution in [0.1, 0.15) is 27.6 Å². The Morgan fingerprint density at radius 2 is 1.62 bits per heavy atom. The van der Waals surface area contributed by atoms with Gasteiger partial charge in [-0.05, 0) is 19.1 Å². The van der Waals surface area contributed by atoms with Crippen LogP contribution in [0.15, 0.2) is 36.9 Å². The molecule has 0 bridgehead atoms. The van der Waals surface area contributed by atoms with Crippen molar-refractivity contribution in [3.05, 3.63) is 48.0 Å². The molecule has 216 valence electrons. The van der Waals surface area contributed by atoms with Crippen LogP contribution in [0.5, 0.6) is 0 Å². The number of hydrogen-bond acceptors (Lipinski definition) is 14. The molecule has 3 aliphatic rings. The predicted molar refractivity (Wildman–Crippen MR) is 124 cm³/mol. The maximum atomic E-state index is 13.3. The minimum atomic E-state index is -5.56. The normalized spacial score (nSPS) is 36.2. The Hall–Kier alpha value is -1.35. The predicted octanol–water partition coefficient (Wildman–Crippen LogP) is -5.37. The molecule has 3 heterocycles. The Kier molecular flexibility index (Phi) is 11.0. The molecule has 0 saturated carbocycles. The van der Waals surface area contributed by atoms with Gasteiger partial charge in [0.2, 0.25) is 10.4 Å². The molecule has 1 aromatic rings. The van der Waals surface area contributed by atoms with E-state index >= 15 is 0 Å². The smallest absolute Gasteiger partial charge is 0.726 e. The first kappa shape index (κ1) is 33.2. The third-order valence-electron chi connectivity index (χ3n) is 6.63. The second-order valence-corrected chi connectivity index (χ2v) is 10.1. The number of nitrogens with zero attached hydrogens (tertiary/aromatic N) is 1. The largest absolute Gasteiger partial charge is 1.00 e. The van der Waals surface area contributed by atoms with Gasteiger partial charge in [0.15, 0.2) is 12.6 Å². The number of fused-ring (bicyclic) bond motifs is 1. The summed E-state index contributed by atoms with van der Waals surface area (Å²) < 4.78 is 61.7. The van der Waals surface area contributed by atoms with E-state index in [4.69, 9.17) is 18.9 Å². The summed E-state index contributed by atoms with van der Waals surface area (Å²) in [6.45, 7) is 3.95. The van der Waals surface area contributed by atoms with Crippen molar-refractivity contribution in [1.29, 1.82) is 0 Å². The number of rotatable bonds is 9. The second kappa shape index (κ2) is 13.3. The summed E-state index contributed by atoms with van der Waals surface area (Å²) in [7, 11) is -5.56. The number of carbonyl (C=O) groups is 2. The molecule has 0 radical (unpaired) electrons. The monoisotopic (exact) mass is 597 g/mol. The summed E-state index contributed by atoms with van der Waals surface area (Å²) in [6.07, 6.45) is -13.5.